The van der Waals surface area contributed by atoms with Crippen molar-refractivity contribution in [2.75, 3.05) is 6.54 Å². The third-order valence-electron chi connectivity index (χ3n) is 3.33. The van der Waals surface area contributed by atoms with Gasteiger partial charge in [-0.3, -0.25) is 0 Å². The van der Waals surface area contributed by atoms with Crippen molar-refractivity contribution in [1.82, 2.24) is 5.32 Å². The Kier molecular flexibility index (Phi) is 1.10. The van der Waals surface area contributed by atoms with Gasteiger partial charge in [-0.05, 0) is 25.7 Å². The zero-order chi connectivity index (χ0) is 8.18. The van der Waals surface area contributed by atoms with E-state index in [2.05, 4.69) is 5.32 Å². The Morgan fingerprint density at radius 3 is 2.17 bits per heavy atom. The van der Waals surface area contributed by atoms with E-state index in [1.165, 1.54) is 25.7 Å². The summed E-state index contributed by atoms with van der Waals surface area (Å²) in [6, 6.07) is 0. The summed E-state index contributed by atoms with van der Waals surface area (Å²) >= 11 is 0. The van der Waals surface area contributed by atoms with Crippen molar-refractivity contribution in [3.05, 3.63) is 0 Å². The van der Waals surface area contributed by atoms with Crippen LogP contribution in [0.15, 0.2) is 0 Å². The Labute approximate surface area is 71.5 Å². The first-order valence-corrected chi connectivity index (χ1v) is 4.78. The van der Waals surface area contributed by atoms with Crippen LogP contribution < -0.4 is 5.32 Å². The predicted octanol–water partition coefficient (Wildman–Crippen LogP) is 1.28. The zero-order valence-electron chi connectivity index (χ0n) is 7.01. The normalized spacial score (nSPS) is 32.8. The van der Waals surface area contributed by atoms with E-state index in [1.54, 1.807) is 0 Å². The molecule has 66 valence electrons. The van der Waals surface area contributed by atoms with Gasteiger partial charge in [0.15, 0.2) is 0 Å². The minimum atomic E-state index is -0.200. The van der Waals surface area contributed by atoms with Crippen LogP contribution in [-0.4, -0.2) is 18.2 Å². The second kappa shape index (κ2) is 1.95. The van der Waals surface area contributed by atoms with Crippen molar-refractivity contribution in [2.45, 2.75) is 31.3 Å². The van der Waals surface area contributed by atoms with Gasteiger partial charge in [0, 0.05) is 11.8 Å². The average molecular weight is 167 g/mol. The van der Waals surface area contributed by atoms with Crippen molar-refractivity contribution in [2.24, 2.45) is 11.8 Å². The molecule has 0 bridgehead atoms. The largest absolute Gasteiger partial charge is 0.440 e. The van der Waals surface area contributed by atoms with E-state index >= 15 is 0 Å². The van der Waals surface area contributed by atoms with E-state index in [9.17, 15) is 4.79 Å². The number of hydrogen-bond donors (Lipinski definition) is 1. The molecule has 3 fully saturated rings. The molecule has 1 aliphatic heterocycles. The third kappa shape index (κ3) is 0.793. The summed E-state index contributed by atoms with van der Waals surface area (Å²) in [5, 5.41) is 2.79. The van der Waals surface area contributed by atoms with E-state index in [0.717, 1.165) is 6.54 Å². The lowest BCUT2D eigenvalue weighted by molar-refractivity contribution is 0.0190. The zero-order valence-corrected chi connectivity index (χ0v) is 7.01. The minimum absolute atomic E-state index is 0.0723. The monoisotopic (exact) mass is 167 g/mol. The Balaban J connectivity index is 1.86. The van der Waals surface area contributed by atoms with Crippen LogP contribution >= 0.6 is 0 Å². The number of cyclic esters (lactones) is 1. The molecule has 2 aliphatic carbocycles. The van der Waals surface area contributed by atoms with Gasteiger partial charge in [0.25, 0.3) is 0 Å². The SMILES string of the molecule is O=C1NCC(C2CC2)(C2CC2)O1. The molecule has 0 atom stereocenters. The van der Waals surface area contributed by atoms with Crippen LogP contribution in [0.4, 0.5) is 4.79 Å². The molecule has 0 radical (unpaired) electrons. The molecule has 3 rings (SSSR count). The molecular formula is C9H13NO2. The van der Waals surface area contributed by atoms with E-state index in [4.69, 9.17) is 4.74 Å². The minimum Gasteiger partial charge on any atom is -0.440 e. The van der Waals surface area contributed by atoms with Crippen LogP contribution in [0.2, 0.25) is 0 Å². The van der Waals surface area contributed by atoms with Gasteiger partial charge < -0.3 is 10.1 Å². The van der Waals surface area contributed by atoms with Crippen LogP contribution in [0, 0.1) is 11.8 Å². The smallest absolute Gasteiger partial charge is 0.407 e. The summed E-state index contributed by atoms with van der Waals surface area (Å²) in [4.78, 5) is 11.0. The maximum atomic E-state index is 11.0. The van der Waals surface area contributed by atoms with Crippen molar-refractivity contribution < 1.29 is 9.53 Å². The highest BCUT2D eigenvalue weighted by atomic mass is 16.6. The van der Waals surface area contributed by atoms with E-state index < -0.39 is 0 Å². The lowest BCUT2D eigenvalue weighted by Gasteiger charge is -2.25. The molecule has 0 aromatic carbocycles. The molecule has 3 heteroatoms. The summed E-state index contributed by atoms with van der Waals surface area (Å²) < 4.78 is 5.45. The quantitative estimate of drug-likeness (QED) is 0.673. The fourth-order valence-corrected chi connectivity index (χ4v) is 2.39. The maximum absolute atomic E-state index is 11.0. The van der Waals surface area contributed by atoms with Gasteiger partial charge in [0.05, 0.1) is 6.54 Å². The fourth-order valence-electron chi connectivity index (χ4n) is 2.39. The molecule has 0 aromatic heterocycles. The highest BCUT2D eigenvalue weighted by molar-refractivity contribution is 5.70. The number of nitrogens with one attached hydrogen (secondary N) is 1. The maximum Gasteiger partial charge on any atom is 0.407 e. The first-order chi connectivity index (χ1) is 5.81. The molecule has 1 amide bonds. The topological polar surface area (TPSA) is 38.3 Å². The lowest BCUT2D eigenvalue weighted by atomic mass is 9.92. The number of ether oxygens (including phenoxy) is 1. The molecule has 0 aromatic rings. The molecule has 3 aliphatic rings. The van der Waals surface area contributed by atoms with E-state index in [0.29, 0.717) is 11.8 Å². The van der Waals surface area contributed by atoms with E-state index in [-0.39, 0.29) is 11.7 Å². The van der Waals surface area contributed by atoms with Crippen molar-refractivity contribution in [1.29, 1.82) is 0 Å². The molecule has 1 saturated heterocycles. The van der Waals surface area contributed by atoms with Crippen LogP contribution in [-0.2, 0) is 4.74 Å². The standard InChI is InChI=1S/C9H13NO2/c11-8-10-5-9(12-8,6-1-2-6)7-3-4-7/h6-7H,1-5H2,(H,10,11). The Hall–Kier alpha value is -0.730. The average Bonchev–Trinajstić information content (AvgIpc) is 2.92. The summed E-state index contributed by atoms with van der Waals surface area (Å²) in [6.07, 6.45) is 4.82. The Morgan fingerprint density at radius 1 is 1.25 bits per heavy atom. The summed E-state index contributed by atoms with van der Waals surface area (Å²) in [5.74, 6) is 1.34. The molecule has 12 heavy (non-hydrogen) atoms. The number of hydrogen-bond acceptors (Lipinski definition) is 2. The molecule has 2 saturated carbocycles. The third-order valence-corrected chi connectivity index (χ3v) is 3.33. The number of rotatable bonds is 2. The summed E-state index contributed by atoms with van der Waals surface area (Å²) in [5.41, 5.74) is -0.0723. The van der Waals surface area contributed by atoms with Crippen molar-refractivity contribution in [3.8, 4) is 0 Å². The lowest BCUT2D eigenvalue weighted by Crippen LogP contribution is -2.38. The molecule has 1 N–H and O–H groups in total. The molecule has 1 heterocycles. The highest BCUT2D eigenvalue weighted by Gasteiger charge is 2.59. The van der Waals surface area contributed by atoms with Gasteiger partial charge in [-0.25, -0.2) is 4.79 Å². The predicted molar refractivity (Wildman–Crippen MR) is 42.7 cm³/mol. The van der Waals surface area contributed by atoms with Gasteiger partial charge in [-0.2, -0.15) is 0 Å². The first kappa shape index (κ1) is 6.75. The number of carbonyl (C=O) groups is 1. The highest BCUT2D eigenvalue weighted by Crippen LogP contribution is 2.55. The van der Waals surface area contributed by atoms with Crippen LogP contribution in [0.25, 0.3) is 0 Å². The number of carbonyl (C=O) groups excluding carboxylic acids is 1. The van der Waals surface area contributed by atoms with Gasteiger partial charge in [0.2, 0.25) is 0 Å². The molecule has 0 unspecified atom stereocenters. The Morgan fingerprint density at radius 2 is 1.83 bits per heavy atom. The van der Waals surface area contributed by atoms with E-state index in [1.807, 2.05) is 0 Å². The van der Waals surface area contributed by atoms with Gasteiger partial charge in [-0.1, -0.05) is 0 Å². The second-order valence-corrected chi connectivity index (χ2v) is 4.25. The number of amides is 1. The first-order valence-electron chi connectivity index (χ1n) is 4.78. The summed E-state index contributed by atoms with van der Waals surface area (Å²) in [7, 11) is 0. The van der Waals surface area contributed by atoms with Crippen LogP contribution in [0.1, 0.15) is 25.7 Å². The van der Waals surface area contributed by atoms with Gasteiger partial charge in [-0.15, -0.1) is 0 Å². The van der Waals surface area contributed by atoms with Gasteiger partial charge in [0.1, 0.15) is 5.60 Å². The second-order valence-electron chi connectivity index (χ2n) is 4.25. The molecular weight excluding hydrogens is 154 g/mol. The van der Waals surface area contributed by atoms with Crippen molar-refractivity contribution >= 4 is 6.09 Å². The Bertz CT molecular complexity index is 219. The number of alkyl carbamates (subject to hydrolysis) is 1. The fraction of sp³-hybridized carbons (Fsp3) is 0.889. The van der Waals surface area contributed by atoms with Crippen molar-refractivity contribution in [3.63, 3.8) is 0 Å². The van der Waals surface area contributed by atoms with Gasteiger partial charge >= 0.3 is 6.09 Å². The molecule has 0 spiro atoms. The molecule has 3 nitrogen and oxygen atoms in total. The van der Waals surface area contributed by atoms with Crippen LogP contribution in [0.3, 0.4) is 0 Å². The summed E-state index contributed by atoms with van der Waals surface area (Å²) in [6.45, 7) is 0.765. The van der Waals surface area contributed by atoms with Crippen LogP contribution in [0.5, 0.6) is 0 Å².